The molecule has 1 fully saturated rings. The molecule has 6 N–H and O–H groups in total. The van der Waals surface area contributed by atoms with Crippen LogP contribution in [0.5, 0.6) is 17.5 Å². The van der Waals surface area contributed by atoms with Gasteiger partial charge in [0.25, 0.3) is 6.01 Å². The number of carbonyl (C=O) groups excluding carboxylic acids is 3. The number of aromatic amines is 2. The van der Waals surface area contributed by atoms with E-state index in [-0.39, 0.29) is 66.1 Å². The normalized spacial score (nSPS) is 12.9. The summed E-state index contributed by atoms with van der Waals surface area (Å²) < 4.78 is 57.1. The number of nitrogens with one attached hydrogen (secondary N) is 3. The van der Waals surface area contributed by atoms with E-state index in [0.717, 1.165) is 116 Å². The number of anilines is 1. The van der Waals surface area contributed by atoms with Crippen molar-refractivity contribution in [2.75, 3.05) is 38.2 Å². The van der Waals surface area contributed by atoms with Gasteiger partial charge in [0.2, 0.25) is 18.0 Å². The minimum absolute atomic E-state index is 0.0391. The number of nitriles is 1. The first kappa shape index (κ1) is 87.9. The molecule has 0 spiro atoms. The van der Waals surface area contributed by atoms with Gasteiger partial charge >= 0.3 is 17.9 Å². The van der Waals surface area contributed by atoms with Crippen LogP contribution in [0, 0.1) is 42.7 Å². The molecule has 25 heteroatoms. The highest BCUT2D eigenvalue weighted by atomic mass is 19.1. The molecule has 15 aromatic rings. The lowest BCUT2D eigenvalue weighted by Crippen LogP contribution is -2.30. The van der Waals surface area contributed by atoms with Crippen molar-refractivity contribution in [1.82, 2.24) is 33.6 Å². The highest BCUT2D eigenvalue weighted by molar-refractivity contribution is 6.02. The van der Waals surface area contributed by atoms with Gasteiger partial charge in [-0.25, -0.2) is 18.1 Å². The van der Waals surface area contributed by atoms with Crippen LogP contribution in [0.2, 0.25) is 0 Å². The molecule has 1 atom stereocenters. The number of carboxylic acid groups (broad SMARTS) is 3. The van der Waals surface area contributed by atoms with Crippen molar-refractivity contribution >= 4 is 84.7 Å². The Kier molecular flexibility index (Phi) is 30.2. The van der Waals surface area contributed by atoms with Gasteiger partial charge in [0, 0.05) is 114 Å². The number of H-pyrrole nitrogens is 2. The van der Waals surface area contributed by atoms with Crippen LogP contribution in [-0.2, 0) is 80.6 Å². The molecule has 17 rings (SSSR count). The van der Waals surface area contributed by atoms with Gasteiger partial charge in [0.1, 0.15) is 65.3 Å². The maximum absolute atomic E-state index is 13.5. The summed E-state index contributed by atoms with van der Waals surface area (Å²) in [6.45, 7) is 7.74. The van der Waals surface area contributed by atoms with Gasteiger partial charge in [0.15, 0.2) is 13.2 Å². The number of unbranched alkanes of at least 4 members (excludes halogenated alkanes) is 1. The van der Waals surface area contributed by atoms with Crippen LogP contribution >= 0.6 is 0 Å². The summed E-state index contributed by atoms with van der Waals surface area (Å²) in [5.74, 6) is -1.19. The van der Waals surface area contributed by atoms with Gasteiger partial charge in [-0.15, -0.1) is 0 Å². The number of likely N-dealkylation sites (tertiary alicyclic amines) is 1. The predicted molar refractivity (Wildman–Crippen MR) is 473 cm³/mol. The zero-order chi connectivity index (χ0) is 87.6. The lowest BCUT2D eigenvalue weighted by molar-refractivity contribution is -0.696. The van der Waals surface area contributed by atoms with E-state index in [9.17, 15) is 42.8 Å². The number of rotatable bonds is 32. The first-order valence-corrected chi connectivity index (χ1v) is 41.5. The summed E-state index contributed by atoms with van der Waals surface area (Å²) in [6, 6.07) is 74.2. The number of halogens is 2. The number of carboxylic acids is 3. The fraction of sp³-hybridized carbons (Fsp3) is 0.230. The van der Waals surface area contributed by atoms with Crippen LogP contribution in [0.3, 0.4) is 0 Å². The van der Waals surface area contributed by atoms with Gasteiger partial charge in [-0.1, -0.05) is 127 Å². The van der Waals surface area contributed by atoms with E-state index >= 15 is 0 Å². The maximum atomic E-state index is 13.5. The molecule has 125 heavy (non-hydrogen) atoms. The van der Waals surface area contributed by atoms with E-state index in [1.54, 1.807) is 29.4 Å². The third kappa shape index (κ3) is 23.8. The summed E-state index contributed by atoms with van der Waals surface area (Å²) in [7, 11) is 0. The molecular formula is C100H97F2N10O13+. The Balaban J connectivity index is 0.000000134. The zero-order valence-electron chi connectivity index (χ0n) is 69.4. The van der Waals surface area contributed by atoms with Gasteiger partial charge in [-0.2, -0.15) is 10.2 Å². The number of aryl methyl sites for hydroxylation is 5. The molecule has 0 aliphatic carbocycles. The second kappa shape index (κ2) is 43.0. The average molecular weight is 1680 g/mol. The van der Waals surface area contributed by atoms with E-state index < -0.39 is 24.5 Å². The van der Waals surface area contributed by atoms with Gasteiger partial charge in [-0.3, -0.25) is 33.5 Å². The third-order valence-electron chi connectivity index (χ3n) is 21.8. The van der Waals surface area contributed by atoms with Crippen LogP contribution in [0.4, 0.5) is 14.5 Å². The predicted octanol–water partition coefficient (Wildman–Crippen LogP) is 18.2. The Morgan fingerprint density at radius 1 is 0.624 bits per heavy atom. The summed E-state index contributed by atoms with van der Waals surface area (Å²) >= 11 is 0. The fourth-order valence-corrected chi connectivity index (χ4v) is 15.4. The molecule has 1 amide bonds. The van der Waals surface area contributed by atoms with Crippen LogP contribution < -0.4 is 24.1 Å². The first-order chi connectivity index (χ1) is 60.8. The number of Topliss-reactive ketones (excluding diaryl/α,β-unsaturated/α-hetero) is 2. The molecule has 2 aliphatic rings. The van der Waals surface area contributed by atoms with E-state index in [1.807, 2.05) is 193 Å². The highest BCUT2D eigenvalue weighted by Gasteiger charge is 2.34. The summed E-state index contributed by atoms with van der Waals surface area (Å²) in [5.41, 5.74) is 15.1. The van der Waals surface area contributed by atoms with Gasteiger partial charge in [-0.05, 0) is 200 Å². The second-order valence-corrected chi connectivity index (χ2v) is 30.5. The first-order valence-electron chi connectivity index (χ1n) is 41.5. The summed E-state index contributed by atoms with van der Waals surface area (Å²) in [6.07, 6.45) is 17.4. The number of imidazole rings is 2. The Morgan fingerprint density at radius 2 is 1.35 bits per heavy atom. The lowest BCUT2D eigenvalue weighted by atomic mass is 9.99. The van der Waals surface area contributed by atoms with Crippen molar-refractivity contribution < 1.29 is 76.1 Å². The van der Waals surface area contributed by atoms with Gasteiger partial charge in [0.05, 0.1) is 43.4 Å². The van der Waals surface area contributed by atoms with E-state index in [4.69, 9.17) is 33.9 Å². The molecule has 638 valence electrons. The molecule has 0 saturated carbocycles. The average Bonchev–Trinajstić information content (AvgIpc) is 1.65. The maximum Gasteiger partial charge on any atom is 0.341 e. The lowest BCUT2D eigenvalue weighted by Gasteiger charge is -2.16. The SMILES string of the molecule is Cc1ccccc1Cn1cc(CCCC(=O)O)c2ccccc21.Cc1ccccc1OCCn1c(OCC(=O)O)nc2ccccc21.N#C/C(C(=O)COc1cccc2ccccc12)=C1\Cc2ccccc2N1.O=C(CCCC[n+]1cc[nH]c1)[C@@H]1CC(=O)N(CCc2c[nH]c3ccc(F)cc23)C1.O=C(O)CCc1ccc(-c2ccc(F)cc2)n1Cc1ccco1. The largest absolute Gasteiger partial charge is 0.491 e. The molecule has 23 nitrogen and oxygen atoms in total. The van der Waals surface area contributed by atoms with Crippen molar-refractivity contribution in [2.24, 2.45) is 5.92 Å². The van der Waals surface area contributed by atoms with E-state index in [1.165, 1.54) is 51.9 Å². The molecule has 9 aromatic carbocycles. The molecule has 0 bridgehead atoms. The number of fused-ring (bicyclic) bond motifs is 5. The van der Waals surface area contributed by atoms with Crippen molar-refractivity contribution in [3.8, 4) is 34.8 Å². The Morgan fingerprint density at radius 3 is 2.11 bits per heavy atom. The molecule has 6 aromatic heterocycles. The Labute approximate surface area is 721 Å². The third-order valence-corrected chi connectivity index (χ3v) is 21.8. The minimum Gasteiger partial charge on any atom is -0.491 e. The molecule has 8 heterocycles. The molecule has 0 unspecified atom stereocenters. The number of hydrogen-bond donors (Lipinski definition) is 6. The summed E-state index contributed by atoms with van der Waals surface area (Å²) in [5, 5.41) is 43.3. The Bertz CT molecular complexity index is 6280. The number of aromatic nitrogens is 7. The molecule has 0 radical (unpaired) electrons. The number of aliphatic carboxylic acids is 3. The van der Waals surface area contributed by atoms with Crippen molar-refractivity contribution in [1.29, 1.82) is 5.26 Å². The fourth-order valence-electron chi connectivity index (χ4n) is 15.4. The van der Waals surface area contributed by atoms with Crippen molar-refractivity contribution in [2.45, 2.75) is 111 Å². The smallest absolute Gasteiger partial charge is 0.341 e. The van der Waals surface area contributed by atoms with E-state index in [2.05, 4.69) is 85.0 Å². The van der Waals surface area contributed by atoms with Crippen molar-refractivity contribution in [3.63, 3.8) is 0 Å². The Hall–Kier alpha value is -14.9. The molecular weight excluding hydrogens is 1590 g/mol. The van der Waals surface area contributed by atoms with Crippen LogP contribution in [0.25, 0.3) is 54.9 Å². The highest BCUT2D eigenvalue weighted by Crippen LogP contribution is 2.33. The number of ether oxygens (including phenoxy) is 3. The van der Waals surface area contributed by atoms with Crippen LogP contribution in [0.1, 0.15) is 89.8 Å². The number of benzene rings is 9. The minimum atomic E-state index is -1.04. The van der Waals surface area contributed by atoms with Crippen molar-refractivity contribution in [3.05, 3.63) is 336 Å². The van der Waals surface area contributed by atoms with Gasteiger partial charge < -0.3 is 58.3 Å². The number of carbonyl (C=O) groups is 6. The number of nitrogens with zero attached hydrogens (tertiary/aromatic N) is 7. The standard InChI is InChI=1S/C22H25FN4O2.C22H16N2O2.C20H21NO2.C18H16FNO3.C18H18N2O4/c23-18-4-5-20-19(12-18)16(13-25-20)6-9-27-14-17(11-22(27)29)21(28)3-1-2-8-26-10-7-24-15-26;23-13-18(20-12-16-7-2-4-10-19(16)24-20)21(25)14-26-22-11-5-8-15-6-1-3-9-17(15)22;1-15-7-2-3-8-16(15)13-21-14-17(9-6-12-20(22)23)18-10-4-5-11-19(18)21;19-14-5-3-13(4-6-14)17-9-7-15(8-10-18(21)22)20(17)12-16-2-1-11-23-16;1-13-6-2-5-9-16(13)23-11-10-20-15-8-4-3-7-14(15)19-18(20)24-12-17(21)22/h4-5,7,10,12-13,15,17,25H,1-3,6,8-9,11,14H2;1-11,24H,12,14H2;2-5,7-8,10-11,14H,6,9,12-13H2,1H3,(H,22,23);1-7,9,11H,8,10,12H2,(H,21,22);2-9H,10-12H2,1H3,(H,21,22)/p+1/b;20-18-;;;/t17-;;;;/m1..../s1. The zero-order valence-corrected chi connectivity index (χ0v) is 69.4. The number of furan rings is 1. The molecule has 2 aliphatic heterocycles. The molecule has 1 saturated heterocycles. The van der Waals surface area contributed by atoms with Crippen LogP contribution in [0.15, 0.2) is 284 Å². The number of hydrogen-bond acceptors (Lipinski definition) is 13. The van der Waals surface area contributed by atoms with Crippen LogP contribution in [-0.4, -0.2) is 117 Å². The topological polar surface area (TPSA) is 306 Å². The number of amides is 1. The summed E-state index contributed by atoms with van der Waals surface area (Å²) in [4.78, 5) is 82.0. The second-order valence-electron chi connectivity index (χ2n) is 30.5. The number of ketones is 2. The monoisotopic (exact) mass is 1680 g/mol. The number of allylic oxidation sites excluding steroid dienone is 1. The number of para-hydroxylation sites is 5. The quantitative estimate of drug-likeness (QED) is 0.00988. The van der Waals surface area contributed by atoms with E-state index in [0.29, 0.717) is 82.8 Å².